The first-order chi connectivity index (χ1) is 7.61. The second-order valence-electron chi connectivity index (χ2n) is 4.42. The van der Waals surface area contributed by atoms with Gasteiger partial charge in [0.25, 0.3) is 0 Å². The van der Waals surface area contributed by atoms with Crippen LogP contribution in [0.25, 0.3) is 0 Å². The Morgan fingerprint density at radius 3 is 3.06 bits per heavy atom. The molecule has 0 aliphatic carbocycles. The molecule has 0 bridgehead atoms. The number of rotatable bonds is 3. The van der Waals surface area contributed by atoms with Crippen LogP contribution in [0.5, 0.6) is 0 Å². The van der Waals surface area contributed by atoms with Crippen LogP contribution in [0.1, 0.15) is 12.0 Å². The minimum Gasteiger partial charge on any atom is -0.397 e. The molecule has 1 aliphatic heterocycles. The molecule has 1 atom stereocenters. The van der Waals surface area contributed by atoms with E-state index in [0.717, 1.165) is 16.9 Å². The van der Waals surface area contributed by atoms with Crippen molar-refractivity contribution in [1.29, 1.82) is 0 Å². The van der Waals surface area contributed by atoms with Crippen molar-refractivity contribution in [2.24, 2.45) is 0 Å². The molecule has 88 valence electrons. The minimum atomic E-state index is -0.754. The third-order valence-electron chi connectivity index (χ3n) is 3.01. The average molecular weight is 222 g/mol. The fourth-order valence-electron chi connectivity index (χ4n) is 1.83. The highest BCUT2D eigenvalue weighted by molar-refractivity contribution is 5.69. The maximum Gasteiger partial charge on any atom is 0.107 e. The first kappa shape index (κ1) is 11.2. The maximum atomic E-state index is 10.1. The molecule has 1 aromatic carbocycles. The quantitative estimate of drug-likeness (QED) is 0.671. The Bertz CT molecular complexity index is 373. The van der Waals surface area contributed by atoms with Gasteiger partial charge in [-0.1, -0.05) is 12.1 Å². The van der Waals surface area contributed by atoms with E-state index in [1.807, 2.05) is 25.1 Å². The lowest BCUT2D eigenvalue weighted by molar-refractivity contribution is 0.0382. The normalized spacial score (nSPS) is 24.6. The van der Waals surface area contributed by atoms with E-state index in [4.69, 9.17) is 10.5 Å². The van der Waals surface area contributed by atoms with Gasteiger partial charge in [-0.15, -0.1) is 0 Å². The van der Waals surface area contributed by atoms with Gasteiger partial charge in [0.15, 0.2) is 0 Å². The summed E-state index contributed by atoms with van der Waals surface area (Å²) in [7, 11) is 0. The van der Waals surface area contributed by atoms with E-state index < -0.39 is 5.60 Å². The van der Waals surface area contributed by atoms with Crippen molar-refractivity contribution in [3.8, 4) is 0 Å². The predicted molar refractivity (Wildman–Crippen MR) is 64.5 cm³/mol. The van der Waals surface area contributed by atoms with Crippen molar-refractivity contribution in [2.45, 2.75) is 18.9 Å². The van der Waals surface area contributed by atoms with Gasteiger partial charge in [-0.25, -0.2) is 0 Å². The lowest BCUT2D eigenvalue weighted by Gasteiger charge is -2.22. The number of anilines is 2. The molecule has 4 N–H and O–H groups in total. The van der Waals surface area contributed by atoms with Crippen LogP contribution in [-0.4, -0.2) is 30.5 Å². The van der Waals surface area contributed by atoms with Gasteiger partial charge in [0.05, 0.1) is 18.0 Å². The molecule has 1 aromatic rings. The number of benzene rings is 1. The molecule has 4 nitrogen and oxygen atoms in total. The van der Waals surface area contributed by atoms with Crippen LogP contribution in [-0.2, 0) is 4.74 Å². The Hall–Kier alpha value is -1.26. The first-order valence-corrected chi connectivity index (χ1v) is 5.50. The molecule has 1 unspecified atom stereocenters. The third kappa shape index (κ3) is 2.28. The van der Waals surface area contributed by atoms with Crippen LogP contribution < -0.4 is 11.1 Å². The van der Waals surface area contributed by atoms with Gasteiger partial charge in [0.2, 0.25) is 0 Å². The van der Waals surface area contributed by atoms with E-state index >= 15 is 0 Å². The fourth-order valence-corrected chi connectivity index (χ4v) is 1.83. The van der Waals surface area contributed by atoms with Crippen molar-refractivity contribution in [1.82, 2.24) is 0 Å². The van der Waals surface area contributed by atoms with Crippen molar-refractivity contribution < 1.29 is 9.84 Å². The number of hydrogen-bond acceptors (Lipinski definition) is 4. The summed E-state index contributed by atoms with van der Waals surface area (Å²) in [5.74, 6) is 0. The topological polar surface area (TPSA) is 67.5 Å². The monoisotopic (exact) mass is 222 g/mol. The second kappa shape index (κ2) is 4.31. The molecule has 0 saturated carbocycles. The van der Waals surface area contributed by atoms with E-state index in [1.54, 1.807) is 0 Å². The molecule has 0 aromatic heterocycles. The zero-order valence-electron chi connectivity index (χ0n) is 9.49. The Kier molecular flexibility index (Phi) is 3.03. The molecule has 0 amide bonds. The SMILES string of the molecule is Cc1cccc(NCC2(O)CCOC2)c1N. The maximum absolute atomic E-state index is 10.1. The van der Waals surface area contributed by atoms with Crippen molar-refractivity contribution >= 4 is 11.4 Å². The van der Waals surface area contributed by atoms with Crippen molar-refractivity contribution in [3.63, 3.8) is 0 Å². The highest BCUT2D eigenvalue weighted by atomic mass is 16.5. The highest BCUT2D eigenvalue weighted by Gasteiger charge is 2.31. The number of ether oxygens (including phenoxy) is 1. The van der Waals surface area contributed by atoms with Gasteiger partial charge in [-0.05, 0) is 18.6 Å². The summed E-state index contributed by atoms with van der Waals surface area (Å²) in [6.07, 6.45) is 0.672. The van der Waals surface area contributed by atoms with Gasteiger partial charge < -0.3 is 20.9 Å². The lowest BCUT2D eigenvalue weighted by atomic mass is 10.0. The van der Waals surface area contributed by atoms with Crippen molar-refractivity contribution in [2.75, 3.05) is 30.8 Å². The molecular formula is C12H18N2O2. The summed E-state index contributed by atoms with van der Waals surface area (Å²) in [6.45, 7) is 3.46. The Morgan fingerprint density at radius 2 is 2.38 bits per heavy atom. The molecule has 1 fully saturated rings. The van der Waals surface area contributed by atoms with E-state index in [9.17, 15) is 5.11 Å². The highest BCUT2D eigenvalue weighted by Crippen LogP contribution is 2.24. The largest absolute Gasteiger partial charge is 0.397 e. The van der Waals surface area contributed by atoms with Gasteiger partial charge >= 0.3 is 0 Å². The van der Waals surface area contributed by atoms with Crippen LogP contribution >= 0.6 is 0 Å². The smallest absolute Gasteiger partial charge is 0.107 e. The summed E-state index contributed by atoms with van der Waals surface area (Å²) in [6, 6.07) is 5.83. The Balaban J connectivity index is 2.02. The van der Waals surface area contributed by atoms with Gasteiger partial charge in [0, 0.05) is 19.6 Å². The fraction of sp³-hybridized carbons (Fsp3) is 0.500. The van der Waals surface area contributed by atoms with Crippen molar-refractivity contribution in [3.05, 3.63) is 23.8 Å². The standard InChI is InChI=1S/C12H18N2O2/c1-9-3-2-4-10(11(9)13)14-7-12(15)5-6-16-8-12/h2-4,14-15H,5-8,13H2,1H3. The van der Waals surface area contributed by atoms with E-state index in [-0.39, 0.29) is 0 Å². The van der Waals surface area contributed by atoms with Crippen LogP contribution in [0, 0.1) is 6.92 Å². The number of aryl methyl sites for hydroxylation is 1. The zero-order chi connectivity index (χ0) is 11.6. The summed E-state index contributed by atoms with van der Waals surface area (Å²) in [5, 5.41) is 13.3. The molecule has 1 aliphatic rings. The number of hydrogen-bond donors (Lipinski definition) is 3. The van der Waals surface area contributed by atoms with Crippen LogP contribution in [0.2, 0.25) is 0 Å². The molecular weight excluding hydrogens is 204 g/mol. The summed E-state index contributed by atoms with van der Waals surface area (Å²) < 4.78 is 5.18. The lowest BCUT2D eigenvalue weighted by Crippen LogP contribution is -2.37. The number of aliphatic hydroxyl groups is 1. The number of nitrogen functional groups attached to an aromatic ring is 1. The van der Waals surface area contributed by atoms with Gasteiger partial charge in [-0.3, -0.25) is 0 Å². The predicted octanol–water partition coefficient (Wildman–Crippen LogP) is 1.14. The van der Waals surface area contributed by atoms with Gasteiger partial charge in [-0.2, -0.15) is 0 Å². The van der Waals surface area contributed by atoms with Crippen LogP contribution in [0.3, 0.4) is 0 Å². The molecule has 0 spiro atoms. The summed E-state index contributed by atoms with van der Waals surface area (Å²) in [4.78, 5) is 0. The first-order valence-electron chi connectivity index (χ1n) is 5.50. The number of para-hydroxylation sites is 1. The van der Waals surface area contributed by atoms with Crippen LogP contribution in [0.4, 0.5) is 11.4 Å². The summed E-state index contributed by atoms with van der Waals surface area (Å²) >= 11 is 0. The molecule has 2 rings (SSSR count). The zero-order valence-corrected chi connectivity index (χ0v) is 9.49. The molecule has 1 saturated heterocycles. The van der Waals surface area contributed by atoms with E-state index in [2.05, 4.69) is 5.32 Å². The minimum absolute atomic E-state index is 0.395. The average Bonchev–Trinajstić information content (AvgIpc) is 2.68. The molecule has 4 heteroatoms. The number of nitrogens with one attached hydrogen (secondary N) is 1. The number of nitrogens with two attached hydrogens (primary N) is 1. The summed E-state index contributed by atoms with van der Waals surface area (Å²) in [5.41, 5.74) is 7.84. The Morgan fingerprint density at radius 1 is 1.56 bits per heavy atom. The third-order valence-corrected chi connectivity index (χ3v) is 3.01. The van der Waals surface area contributed by atoms with Gasteiger partial charge in [0.1, 0.15) is 5.60 Å². The molecule has 16 heavy (non-hydrogen) atoms. The molecule has 0 radical (unpaired) electrons. The van der Waals surface area contributed by atoms with E-state index in [0.29, 0.717) is 26.2 Å². The Labute approximate surface area is 95.4 Å². The van der Waals surface area contributed by atoms with Crippen LogP contribution in [0.15, 0.2) is 18.2 Å². The molecule has 1 heterocycles. The second-order valence-corrected chi connectivity index (χ2v) is 4.42. The van der Waals surface area contributed by atoms with E-state index in [1.165, 1.54) is 0 Å².